The van der Waals surface area contributed by atoms with Crippen LogP contribution >= 0.6 is 11.3 Å². The van der Waals surface area contributed by atoms with E-state index >= 15 is 0 Å². The van der Waals surface area contributed by atoms with Gasteiger partial charge in [0.15, 0.2) is 10.9 Å². The number of nitrogens with zero attached hydrogens (tertiary/aromatic N) is 2. The minimum absolute atomic E-state index is 0.124. The van der Waals surface area contributed by atoms with Crippen LogP contribution in [0, 0.1) is 0 Å². The maximum absolute atomic E-state index is 12.2. The van der Waals surface area contributed by atoms with Gasteiger partial charge in [-0.25, -0.2) is 4.98 Å². The van der Waals surface area contributed by atoms with E-state index in [0.29, 0.717) is 12.5 Å². The Bertz CT molecular complexity index is 577. The summed E-state index contributed by atoms with van der Waals surface area (Å²) in [5.74, 6) is 0.124. The minimum Gasteiger partial charge on any atom is -0.346 e. The SMILES string of the molecule is CCCN(c1nc(CC(=O)c2ccccc2)cs1)C(C)C. The van der Waals surface area contributed by atoms with Gasteiger partial charge in [0.1, 0.15) is 0 Å². The van der Waals surface area contributed by atoms with Crippen molar-refractivity contribution in [3.63, 3.8) is 0 Å². The molecule has 0 saturated carbocycles. The number of anilines is 1. The Morgan fingerprint density at radius 3 is 2.62 bits per heavy atom. The Morgan fingerprint density at radius 1 is 1.29 bits per heavy atom. The van der Waals surface area contributed by atoms with Crippen molar-refractivity contribution in [3.05, 3.63) is 47.0 Å². The van der Waals surface area contributed by atoms with E-state index in [-0.39, 0.29) is 5.78 Å². The van der Waals surface area contributed by atoms with Crippen molar-refractivity contribution in [2.45, 2.75) is 39.7 Å². The molecule has 4 heteroatoms. The topological polar surface area (TPSA) is 33.2 Å². The predicted octanol–water partition coefficient (Wildman–Crippen LogP) is 4.19. The molecule has 3 nitrogen and oxygen atoms in total. The fourth-order valence-corrected chi connectivity index (χ4v) is 3.20. The molecule has 0 aliphatic heterocycles. The van der Waals surface area contributed by atoms with Crippen LogP contribution in [0.5, 0.6) is 0 Å². The largest absolute Gasteiger partial charge is 0.346 e. The van der Waals surface area contributed by atoms with Crippen molar-refractivity contribution >= 4 is 22.3 Å². The molecule has 2 aromatic rings. The van der Waals surface area contributed by atoms with E-state index in [9.17, 15) is 4.79 Å². The zero-order chi connectivity index (χ0) is 15.2. The lowest BCUT2D eigenvalue weighted by molar-refractivity contribution is 0.0992. The van der Waals surface area contributed by atoms with Crippen LogP contribution in [0.25, 0.3) is 0 Å². The van der Waals surface area contributed by atoms with Gasteiger partial charge in [-0.1, -0.05) is 37.3 Å². The van der Waals surface area contributed by atoms with Gasteiger partial charge in [-0.3, -0.25) is 4.79 Å². The predicted molar refractivity (Wildman–Crippen MR) is 89.4 cm³/mol. The summed E-state index contributed by atoms with van der Waals surface area (Å²) < 4.78 is 0. The zero-order valence-electron chi connectivity index (χ0n) is 12.9. The fraction of sp³-hybridized carbons (Fsp3) is 0.412. The molecule has 0 radical (unpaired) electrons. The van der Waals surface area contributed by atoms with Gasteiger partial charge in [-0.2, -0.15) is 0 Å². The summed E-state index contributed by atoms with van der Waals surface area (Å²) in [5, 5.41) is 3.02. The summed E-state index contributed by atoms with van der Waals surface area (Å²) >= 11 is 1.63. The van der Waals surface area contributed by atoms with Crippen molar-refractivity contribution in [2.75, 3.05) is 11.4 Å². The maximum atomic E-state index is 12.2. The molecule has 112 valence electrons. The number of benzene rings is 1. The summed E-state index contributed by atoms with van der Waals surface area (Å²) in [6.07, 6.45) is 1.47. The quantitative estimate of drug-likeness (QED) is 0.719. The second-order valence-electron chi connectivity index (χ2n) is 5.37. The van der Waals surface area contributed by atoms with Crippen molar-refractivity contribution in [1.82, 2.24) is 4.98 Å². The molecule has 0 spiro atoms. The molecule has 0 unspecified atom stereocenters. The monoisotopic (exact) mass is 302 g/mol. The van der Waals surface area contributed by atoms with E-state index in [1.807, 2.05) is 35.7 Å². The molecule has 0 aliphatic rings. The van der Waals surface area contributed by atoms with E-state index in [4.69, 9.17) is 0 Å². The first-order valence-corrected chi connectivity index (χ1v) is 8.29. The van der Waals surface area contributed by atoms with Crippen LogP contribution in [0.1, 0.15) is 43.2 Å². The third-order valence-corrected chi connectivity index (χ3v) is 4.24. The Morgan fingerprint density at radius 2 is 2.00 bits per heavy atom. The Labute approximate surface area is 130 Å². The molecule has 1 aromatic heterocycles. The second kappa shape index (κ2) is 7.36. The summed E-state index contributed by atoms with van der Waals surface area (Å²) in [4.78, 5) is 19.1. The van der Waals surface area contributed by atoms with E-state index in [2.05, 4.69) is 30.7 Å². The first-order chi connectivity index (χ1) is 10.1. The number of Topliss-reactive ketones (excluding diaryl/α,β-unsaturated/α-hetero) is 1. The highest BCUT2D eigenvalue weighted by Gasteiger charge is 2.15. The van der Waals surface area contributed by atoms with Crippen molar-refractivity contribution in [1.29, 1.82) is 0 Å². The number of aromatic nitrogens is 1. The van der Waals surface area contributed by atoms with Gasteiger partial charge in [-0.05, 0) is 20.3 Å². The zero-order valence-corrected chi connectivity index (χ0v) is 13.7. The summed E-state index contributed by atoms with van der Waals surface area (Å²) in [5.41, 5.74) is 1.62. The first kappa shape index (κ1) is 15.7. The van der Waals surface area contributed by atoms with E-state index in [1.165, 1.54) is 0 Å². The molecule has 0 saturated heterocycles. The highest BCUT2D eigenvalue weighted by atomic mass is 32.1. The van der Waals surface area contributed by atoms with Crippen molar-refractivity contribution < 1.29 is 4.79 Å². The van der Waals surface area contributed by atoms with E-state index in [0.717, 1.165) is 29.4 Å². The van der Waals surface area contributed by atoms with Crippen LogP contribution in [0.3, 0.4) is 0 Å². The number of hydrogen-bond acceptors (Lipinski definition) is 4. The number of carbonyl (C=O) groups is 1. The minimum atomic E-state index is 0.124. The number of rotatable bonds is 7. The lowest BCUT2D eigenvalue weighted by Gasteiger charge is -2.25. The molecule has 21 heavy (non-hydrogen) atoms. The molecular formula is C17H22N2OS. The maximum Gasteiger partial charge on any atom is 0.185 e. The van der Waals surface area contributed by atoms with Crippen LogP contribution in [0.4, 0.5) is 5.13 Å². The van der Waals surface area contributed by atoms with Crippen LogP contribution in [-0.4, -0.2) is 23.4 Å². The van der Waals surface area contributed by atoms with Gasteiger partial charge < -0.3 is 4.90 Å². The molecule has 0 aliphatic carbocycles. The van der Waals surface area contributed by atoms with Crippen LogP contribution in [0.15, 0.2) is 35.7 Å². The molecule has 0 atom stereocenters. The van der Waals surface area contributed by atoms with Gasteiger partial charge in [0, 0.05) is 23.5 Å². The summed E-state index contributed by atoms with van der Waals surface area (Å²) in [6, 6.07) is 9.83. The molecule has 1 heterocycles. The van der Waals surface area contributed by atoms with Gasteiger partial charge >= 0.3 is 0 Å². The Hall–Kier alpha value is -1.68. The molecule has 0 amide bonds. The standard InChI is InChI=1S/C17H22N2OS/c1-4-10-19(13(2)3)17-18-15(12-21-17)11-16(20)14-8-6-5-7-9-14/h5-9,12-13H,4,10-11H2,1-3H3. The number of ketones is 1. The summed E-state index contributed by atoms with van der Waals surface area (Å²) in [6.45, 7) is 7.51. The van der Waals surface area contributed by atoms with Gasteiger partial charge in [0.2, 0.25) is 0 Å². The van der Waals surface area contributed by atoms with E-state index in [1.54, 1.807) is 11.3 Å². The lowest BCUT2D eigenvalue weighted by atomic mass is 10.1. The molecule has 0 N–H and O–H groups in total. The van der Waals surface area contributed by atoms with Gasteiger partial charge in [-0.15, -0.1) is 11.3 Å². The number of carbonyl (C=O) groups excluding carboxylic acids is 1. The number of thiazole rings is 1. The normalized spacial score (nSPS) is 10.9. The molecule has 1 aromatic carbocycles. The lowest BCUT2D eigenvalue weighted by Crippen LogP contribution is -2.31. The molecule has 0 fully saturated rings. The first-order valence-electron chi connectivity index (χ1n) is 7.41. The number of hydrogen-bond donors (Lipinski definition) is 0. The van der Waals surface area contributed by atoms with Crippen LogP contribution in [0.2, 0.25) is 0 Å². The van der Waals surface area contributed by atoms with Gasteiger partial charge in [0.05, 0.1) is 12.1 Å². The molecular weight excluding hydrogens is 280 g/mol. The average molecular weight is 302 g/mol. The second-order valence-corrected chi connectivity index (χ2v) is 6.21. The van der Waals surface area contributed by atoms with Crippen LogP contribution < -0.4 is 4.90 Å². The molecule has 2 rings (SSSR count). The highest BCUT2D eigenvalue weighted by Crippen LogP contribution is 2.23. The van der Waals surface area contributed by atoms with Crippen molar-refractivity contribution in [2.24, 2.45) is 0 Å². The Balaban J connectivity index is 2.08. The third kappa shape index (κ3) is 4.14. The fourth-order valence-electron chi connectivity index (χ4n) is 2.22. The van der Waals surface area contributed by atoms with Crippen LogP contribution in [-0.2, 0) is 6.42 Å². The van der Waals surface area contributed by atoms with Crippen molar-refractivity contribution in [3.8, 4) is 0 Å². The molecule has 0 bridgehead atoms. The summed E-state index contributed by atoms with van der Waals surface area (Å²) in [7, 11) is 0. The van der Waals surface area contributed by atoms with E-state index < -0.39 is 0 Å². The average Bonchev–Trinajstić information content (AvgIpc) is 2.93. The third-order valence-electron chi connectivity index (χ3n) is 3.31. The smallest absolute Gasteiger partial charge is 0.185 e. The van der Waals surface area contributed by atoms with Gasteiger partial charge in [0.25, 0.3) is 0 Å². The Kier molecular flexibility index (Phi) is 5.51. The highest BCUT2D eigenvalue weighted by molar-refractivity contribution is 7.13.